The van der Waals surface area contributed by atoms with E-state index in [-0.39, 0.29) is 12.7 Å². The summed E-state index contributed by atoms with van der Waals surface area (Å²) in [6, 6.07) is 15.6. The number of aryl methyl sites for hydroxylation is 1. The Morgan fingerprint density at radius 2 is 1.78 bits per heavy atom. The summed E-state index contributed by atoms with van der Waals surface area (Å²) in [6.45, 7) is 1.47. The number of benzene rings is 2. The van der Waals surface area contributed by atoms with Crippen LogP contribution in [0.15, 0.2) is 60.9 Å². The Bertz CT molecular complexity index is 1360. The molecule has 184 valence electrons. The third-order valence-corrected chi connectivity index (χ3v) is 6.32. The van der Waals surface area contributed by atoms with Crippen molar-refractivity contribution in [3.63, 3.8) is 0 Å². The lowest BCUT2D eigenvalue weighted by molar-refractivity contribution is 0.0952. The number of rotatable bonds is 7. The Morgan fingerprint density at radius 1 is 1.08 bits per heavy atom. The summed E-state index contributed by atoms with van der Waals surface area (Å²) in [4.78, 5) is 5.64. The topological polar surface area (TPSA) is 111 Å². The molecule has 0 aliphatic heterocycles. The Hall–Kier alpha value is -4.00. The number of tetrazole rings is 1. The lowest BCUT2D eigenvalue weighted by Gasteiger charge is -2.33. The number of hydrogen-bond donors (Lipinski definition) is 2. The Morgan fingerprint density at radius 3 is 2.39 bits per heavy atom. The molecular formula is C27H28N6O3. The fraction of sp³-hybridized carbons (Fsp3) is 0.333. The molecule has 2 atom stereocenters. The molecule has 2 aromatic heterocycles. The van der Waals surface area contributed by atoms with Crippen molar-refractivity contribution in [2.45, 2.75) is 43.9 Å². The maximum atomic E-state index is 9.86. The van der Waals surface area contributed by atoms with Crippen molar-refractivity contribution in [2.24, 2.45) is 7.05 Å². The highest BCUT2D eigenvalue weighted by molar-refractivity contribution is 5.65. The van der Waals surface area contributed by atoms with Gasteiger partial charge in [0.2, 0.25) is 0 Å². The van der Waals surface area contributed by atoms with E-state index in [0.717, 1.165) is 41.1 Å². The molecule has 9 heteroatoms. The monoisotopic (exact) mass is 484 g/mol. The summed E-state index contributed by atoms with van der Waals surface area (Å²) < 4.78 is 7.79. The fourth-order valence-electron chi connectivity index (χ4n) is 4.28. The SMILES string of the molecule is C[C@H](O)c1nccn1[C@@H](C#Cc1ccc(-c2ccc(OC3CC(c4nnn(C)n4)C3)cc2)cc1)CO. The maximum absolute atomic E-state index is 9.86. The van der Waals surface area contributed by atoms with Gasteiger partial charge in [-0.3, -0.25) is 0 Å². The zero-order valence-electron chi connectivity index (χ0n) is 20.2. The van der Waals surface area contributed by atoms with Crippen molar-refractivity contribution in [2.75, 3.05) is 6.61 Å². The van der Waals surface area contributed by atoms with Crippen molar-refractivity contribution in [1.29, 1.82) is 0 Å². The molecule has 9 nitrogen and oxygen atoms in total. The number of aliphatic hydroxyl groups is 2. The van der Waals surface area contributed by atoms with Crippen LogP contribution in [0.25, 0.3) is 11.1 Å². The second-order valence-electron chi connectivity index (χ2n) is 8.98. The molecule has 1 aliphatic carbocycles. The second kappa shape index (κ2) is 10.3. The molecular weight excluding hydrogens is 456 g/mol. The van der Waals surface area contributed by atoms with Crippen molar-refractivity contribution in [3.05, 3.63) is 78.1 Å². The number of aliphatic hydroxyl groups excluding tert-OH is 2. The van der Waals surface area contributed by atoms with Crippen LogP contribution in [-0.4, -0.2) is 52.7 Å². The number of aromatic nitrogens is 6. The minimum Gasteiger partial charge on any atom is -0.490 e. The van der Waals surface area contributed by atoms with Gasteiger partial charge in [0.25, 0.3) is 0 Å². The first kappa shape index (κ1) is 23.7. The second-order valence-corrected chi connectivity index (χ2v) is 8.98. The first-order valence-electron chi connectivity index (χ1n) is 11.9. The van der Waals surface area contributed by atoms with Gasteiger partial charge in [-0.2, -0.15) is 4.80 Å². The van der Waals surface area contributed by atoms with Gasteiger partial charge in [-0.05, 0) is 60.4 Å². The molecule has 2 N–H and O–H groups in total. The highest BCUT2D eigenvalue weighted by atomic mass is 16.5. The van der Waals surface area contributed by atoms with Crippen LogP contribution in [0.4, 0.5) is 0 Å². The van der Waals surface area contributed by atoms with Crippen LogP contribution in [0.3, 0.4) is 0 Å². The molecule has 5 rings (SSSR count). The lowest BCUT2D eigenvalue weighted by atomic mass is 9.82. The molecule has 0 unspecified atom stereocenters. The Kier molecular flexibility index (Phi) is 6.80. The normalized spacial score (nSPS) is 18.6. The smallest absolute Gasteiger partial charge is 0.178 e. The van der Waals surface area contributed by atoms with E-state index in [1.807, 2.05) is 36.4 Å². The van der Waals surface area contributed by atoms with Gasteiger partial charge in [-0.15, -0.1) is 10.2 Å². The van der Waals surface area contributed by atoms with Crippen LogP contribution in [0.1, 0.15) is 55.0 Å². The van der Waals surface area contributed by atoms with E-state index in [1.54, 1.807) is 30.9 Å². The van der Waals surface area contributed by atoms with Crippen LogP contribution in [0.2, 0.25) is 0 Å². The molecule has 2 aromatic carbocycles. The van der Waals surface area contributed by atoms with Gasteiger partial charge in [0, 0.05) is 23.9 Å². The minimum atomic E-state index is -0.737. The molecule has 0 radical (unpaired) electrons. The number of imidazole rings is 1. The predicted molar refractivity (Wildman–Crippen MR) is 133 cm³/mol. The van der Waals surface area contributed by atoms with Gasteiger partial charge in [0.1, 0.15) is 29.8 Å². The summed E-state index contributed by atoms with van der Waals surface area (Å²) in [5.41, 5.74) is 3.01. The third-order valence-electron chi connectivity index (χ3n) is 6.32. The number of ether oxygens (including phenoxy) is 1. The van der Waals surface area contributed by atoms with E-state index in [1.165, 1.54) is 4.80 Å². The van der Waals surface area contributed by atoms with Gasteiger partial charge >= 0.3 is 0 Å². The van der Waals surface area contributed by atoms with E-state index < -0.39 is 12.1 Å². The van der Waals surface area contributed by atoms with Gasteiger partial charge < -0.3 is 19.5 Å². The highest BCUT2D eigenvalue weighted by Crippen LogP contribution is 2.37. The molecule has 0 amide bonds. The molecule has 1 fully saturated rings. The summed E-state index contributed by atoms with van der Waals surface area (Å²) in [5.74, 6) is 8.63. The number of hydrogen-bond acceptors (Lipinski definition) is 7. The van der Waals surface area contributed by atoms with Crippen molar-refractivity contribution in [3.8, 4) is 28.7 Å². The zero-order valence-corrected chi connectivity index (χ0v) is 20.2. The molecule has 2 heterocycles. The van der Waals surface area contributed by atoms with Crippen LogP contribution in [-0.2, 0) is 7.05 Å². The van der Waals surface area contributed by atoms with E-state index in [0.29, 0.717) is 11.7 Å². The summed E-state index contributed by atoms with van der Waals surface area (Å²) in [7, 11) is 1.77. The lowest BCUT2D eigenvalue weighted by Crippen LogP contribution is -2.32. The first-order valence-corrected chi connectivity index (χ1v) is 11.9. The van der Waals surface area contributed by atoms with Gasteiger partial charge in [0.05, 0.1) is 13.7 Å². The summed E-state index contributed by atoms with van der Waals surface area (Å²) in [5, 5.41) is 31.9. The Labute approximate surface area is 209 Å². The highest BCUT2D eigenvalue weighted by Gasteiger charge is 2.35. The van der Waals surface area contributed by atoms with E-state index in [9.17, 15) is 10.2 Å². The van der Waals surface area contributed by atoms with E-state index in [4.69, 9.17) is 4.74 Å². The van der Waals surface area contributed by atoms with E-state index in [2.05, 4.69) is 44.4 Å². The standard InChI is InChI=1S/C27H28N6O3/c1-18(35)27-28-13-14-33(27)23(17-34)10-5-19-3-6-20(7-4-19)21-8-11-24(12-9-21)36-25-15-22(16-25)26-29-31-32(2)30-26/h3-4,6-9,11-14,18,22-23,25,34-35H,15-17H2,1-2H3/t18-,22?,23-,25?/m0/s1. The predicted octanol–water partition coefficient (Wildman–Crippen LogP) is 3.04. The van der Waals surface area contributed by atoms with Gasteiger partial charge in [-0.1, -0.05) is 36.1 Å². The average molecular weight is 485 g/mol. The van der Waals surface area contributed by atoms with Crippen molar-refractivity contribution in [1.82, 2.24) is 29.8 Å². The molecule has 1 aliphatic rings. The largest absolute Gasteiger partial charge is 0.490 e. The maximum Gasteiger partial charge on any atom is 0.178 e. The third kappa shape index (κ3) is 5.15. The zero-order chi connectivity index (χ0) is 25.1. The first-order chi connectivity index (χ1) is 17.5. The average Bonchev–Trinajstić information content (AvgIpc) is 3.52. The van der Waals surface area contributed by atoms with Crippen LogP contribution in [0.5, 0.6) is 5.75 Å². The number of nitrogens with zero attached hydrogens (tertiary/aromatic N) is 6. The molecule has 4 aromatic rings. The Balaban J connectivity index is 1.19. The molecule has 0 bridgehead atoms. The summed E-state index contributed by atoms with van der Waals surface area (Å²) >= 11 is 0. The van der Waals surface area contributed by atoms with Crippen LogP contribution in [0, 0.1) is 11.8 Å². The van der Waals surface area contributed by atoms with Crippen LogP contribution >= 0.6 is 0 Å². The fourth-order valence-corrected chi connectivity index (χ4v) is 4.28. The van der Waals surface area contributed by atoms with Gasteiger partial charge in [-0.25, -0.2) is 4.98 Å². The quantitative estimate of drug-likeness (QED) is 0.388. The molecule has 0 spiro atoms. The van der Waals surface area contributed by atoms with Crippen molar-refractivity contribution >= 4 is 0 Å². The van der Waals surface area contributed by atoms with E-state index >= 15 is 0 Å². The summed E-state index contributed by atoms with van der Waals surface area (Å²) in [6.07, 6.45) is 4.54. The molecule has 0 saturated heterocycles. The van der Waals surface area contributed by atoms with Gasteiger partial charge in [0.15, 0.2) is 5.82 Å². The van der Waals surface area contributed by atoms with Crippen LogP contribution < -0.4 is 4.74 Å². The molecule has 1 saturated carbocycles. The minimum absolute atomic E-state index is 0.171. The molecule has 36 heavy (non-hydrogen) atoms. The van der Waals surface area contributed by atoms with Crippen molar-refractivity contribution < 1.29 is 14.9 Å².